The molecule has 0 spiro atoms. The number of carbonyl (C=O) groups excluding carboxylic acids is 2. The van der Waals surface area contributed by atoms with E-state index in [2.05, 4.69) is 20.2 Å². The molecule has 7 nitrogen and oxygen atoms in total. The van der Waals surface area contributed by atoms with Crippen molar-refractivity contribution in [1.82, 2.24) is 25.1 Å². The molecule has 1 aromatic heterocycles. The van der Waals surface area contributed by atoms with Crippen LogP contribution in [0.15, 0.2) is 61.1 Å². The lowest BCUT2D eigenvalue weighted by Crippen LogP contribution is -2.65. The first kappa shape index (κ1) is 26.4. The first-order chi connectivity index (χ1) is 18.9. The Balaban J connectivity index is 1.37. The fourth-order valence-corrected chi connectivity index (χ4v) is 7.03. The van der Waals surface area contributed by atoms with Crippen LogP contribution in [-0.2, 0) is 28.0 Å². The molecule has 4 aliphatic rings. The average molecular weight is 567 g/mol. The van der Waals surface area contributed by atoms with Crippen molar-refractivity contribution in [3.63, 3.8) is 0 Å². The highest BCUT2D eigenvalue weighted by Gasteiger charge is 2.57. The molecule has 3 aliphatic heterocycles. The van der Waals surface area contributed by atoms with E-state index in [1.54, 1.807) is 24.7 Å². The van der Waals surface area contributed by atoms with Gasteiger partial charge < -0.3 is 20.1 Å². The number of halogens is 2. The molecule has 2 aromatic carbocycles. The number of amides is 2. The summed E-state index contributed by atoms with van der Waals surface area (Å²) >= 11 is 12.9. The quantitative estimate of drug-likeness (QED) is 0.397. The van der Waals surface area contributed by atoms with E-state index < -0.39 is 11.5 Å². The number of imidazole rings is 1. The van der Waals surface area contributed by atoms with Gasteiger partial charge in [-0.2, -0.15) is 0 Å². The number of hydrogen-bond acceptors (Lipinski definition) is 4. The molecule has 1 aliphatic carbocycles. The van der Waals surface area contributed by atoms with Gasteiger partial charge in [-0.3, -0.25) is 9.59 Å². The van der Waals surface area contributed by atoms with Crippen molar-refractivity contribution in [2.45, 2.75) is 56.1 Å². The largest absolute Gasteiger partial charge is 0.351 e. The highest BCUT2D eigenvalue weighted by molar-refractivity contribution is 6.35. The number of carbonyl (C=O) groups is 2. The van der Waals surface area contributed by atoms with Gasteiger partial charge in [0.25, 0.3) is 0 Å². The minimum Gasteiger partial charge on any atom is -0.351 e. The highest BCUT2D eigenvalue weighted by Crippen LogP contribution is 2.53. The number of nitrogens with zero attached hydrogens (tertiary/aromatic N) is 3. The molecule has 4 heterocycles. The van der Waals surface area contributed by atoms with Crippen LogP contribution < -0.4 is 5.32 Å². The molecular weight excluding hydrogens is 533 g/mol. The Morgan fingerprint density at radius 1 is 1.13 bits per heavy atom. The van der Waals surface area contributed by atoms with Crippen LogP contribution in [0.1, 0.15) is 42.5 Å². The molecule has 7 rings (SSSR count). The van der Waals surface area contributed by atoms with Crippen LogP contribution in [-0.4, -0.2) is 63.3 Å². The van der Waals surface area contributed by atoms with Crippen LogP contribution in [0.25, 0.3) is 0 Å². The lowest BCUT2D eigenvalue weighted by molar-refractivity contribution is -0.150. The van der Waals surface area contributed by atoms with E-state index in [1.165, 1.54) is 0 Å². The Hall–Kier alpha value is -2.87. The van der Waals surface area contributed by atoms with Gasteiger partial charge in [-0.25, -0.2) is 4.98 Å². The number of aromatic amines is 1. The molecule has 39 heavy (non-hydrogen) atoms. The molecule has 2 amide bonds. The van der Waals surface area contributed by atoms with E-state index in [1.807, 2.05) is 41.3 Å². The summed E-state index contributed by atoms with van der Waals surface area (Å²) < 4.78 is 0. The zero-order valence-electron chi connectivity index (χ0n) is 21.8. The third-order valence-corrected chi connectivity index (χ3v) is 9.27. The monoisotopic (exact) mass is 565 g/mol. The van der Waals surface area contributed by atoms with Gasteiger partial charge in [0, 0.05) is 41.8 Å². The summed E-state index contributed by atoms with van der Waals surface area (Å²) in [6.07, 6.45) is 7.22. The van der Waals surface area contributed by atoms with E-state index in [0.29, 0.717) is 41.8 Å². The van der Waals surface area contributed by atoms with Gasteiger partial charge in [-0.05, 0) is 68.0 Å². The minimum absolute atomic E-state index is 0.0131. The second-order valence-corrected chi connectivity index (χ2v) is 12.0. The molecular formula is C30H33Cl2N5O2. The third-order valence-electron chi connectivity index (χ3n) is 8.72. The summed E-state index contributed by atoms with van der Waals surface area (Å²) in [6, 6.07) is 14.5. The molecule has 2 bridgehead atoms. The Bertz CT molecular complexity index is 1320. The molecule has 1 saturated carbocycles. The molecule has 3 saturated heterocycles. The fourth-order valence-electron chi connectivity index (χ4n) is 6.44. The SMILES string of the molecule is O=C(NCc1ccccc1)[C@H](Cc1c[nH]cn1)N(C(=O)C1(c2ccc(Cl)cc2Cl)CC1)[C@@H]1CN2CCC1CC2. The van der Waals surface area contributed by atoms with Gasteiger partial charge in [-0.1, -0.05) is 59.6 Å². The molecule has 9 heteroatoms. The molecule has 2 N–H and O–H groups in total. The van der Waals surface area contributed by atoms with Gasteiger partial charge in [0.2, 0.25) is 11.8 Å². The maximum absolute atomic E-state index is 14.8. The second kappa shape index (κ2) is 11.0. The molecule has 0 unspecified atom stereocenters. The summed E-state index contributed by atoms with van der Waals surface area (Å²) in [5.74, 6) is 0.185. The first-order valence-electron chi connectivity index (χ1n) is 13.7. The predicted molar refractivity (Wildman–Crippen MR) is 152 cm³/mol. The maximum Gasteiger partial charge on any atom is 0.243 e. The number of benzene rings is 2. The van der Waals surface area contributed by atoms with Crippen molar-refractivity contribution in [2.75, 3.05) is 19.6 Å². The predicted octanol–water partition coefficient (Wildman–Crippen LogP) is 4.60. The maximum atomic E-state index is 14.8. The van der Waals surface area contributed by atoms with Gasteiger partial charge >= 0.3 is 0 Å². The molecule has 204 valence electrons. The number of piperidine rings is 3. The topological polar surface area (TPSA) is 81.3 Å². The average Bonchev–Trinajstić information content (AvgIpc) is 3.59. The Morgan fingerprint density at radius 3 is 2.51 bits per heavy atom. The Morgan fingerprint density at radius 2 is 1.90 bits per heavy atom. The number of hydrogen-bond donors (Lipinski definition) is 2. The van der Waals surface area contributed by atoms with Crippen molar-refractivity contribution in [1.29, 1.82) is 0 Å². The number of H-pyrrole nitrogens is 1. The van der Waals surface area contributed by atoms with Crippen molar-refractivity contribution in [2.24, 2.45) is 5.92 Å². The molecule has 3 aromatic rings. The number of rotatable bonds is 9. The van der Waals surface area contributed by atoms with Crippen molar-refractivity contribution >= 4 is 35.0 Å². The minimum atomic E-state index is -0.739. The van der Waals surface area contributed by atoms with Gasteiger partial charge in [0.15, 0.2) is 0 Å². The van der Waals surface area contributed by atoms with Crippen LogP contribution in [0.2, 0.25) is 10.0 Å². The summed E-state index contributed by atoms with van der Waals surface area (Å²) in [4.78, 5) is 40.6. The highest BCUT2D eigenvalue weighted by atomic mass is 35.5. The van der Waals surface area contributed by atoms with E-state index >= 15 is 0 Å². The van der Waals surface area contributed by atoms with E-state index in [-0.39, 0.29) is 17.9 Å². The van der Waals surface area contributed by atoms with Crippen molar-refractivity contribution in [3.8, 4) is 0 Å². The first-order valence-corrected chi connectivity index (χ1v) is 14.5. The van der Waals surface area contributed by atoms with Crippen molar-refractivity contribution < 1.29 is 9.59 Å². The lowest BCUT2D eigenvalue weighted by atomic mass is 9.81. The standard InChI is InChI=1S/C30H33Cl2N5O2/c31-22-6-7-24(25(32)14-22)30(10-11-30)29(39)37(27-18-36-12-8-21(27)9-13-36)26(15-23-17-33-19-35-23)28(38)34-16-20-4-2-1-3-5-20/h1-7,14,17,19,21,26-27H,8-13,15-16,18H2,(H,33,35)(H,34,38)/t26-,27+/m0/s1. The summed E-state index contributed by atoms with van der Waals surface area (Å²) in [7, 11) is 0. The summed E-state index contributed by atoms with van der Waals surface area (Å²) in [5.41, 5.74) is 1.82. The molecule has 2 atom stereocenters. The zero-order chi connectivity index (χ0) is 27.0. The lowest BCUT2D eigenvalue weighted by Gasteiger charge is -2.51. The fraction of sp³-hybridized carbons (Fsp3) is 0.433. The van der Waals surface area contributed by atoms with Crippen molar-refractivity contribution in [3.05, 3.63) is 87.9 Å². The Labute approximate surface area is 238 Å². The Kier molecular flexibility index (Phi) is 7.40. The van der Waals surface area contributed by atoms with Gasteiger partial charge in [0.05, 0.1) is 17.4 Å². The van der Waals surface area contributed by atoms with Gasteiger partial charge in [-0.15, -0.1) is 0 Å². The van der Waals surface area contributed by atoms with Gasteiger partial charge in [0.1, 0.15) is 6.04 Å². The number of nitrogens with one attached hydrogen (secondary N) is 2. The molecule has 4 fully saturated rings. The smallest absolute Gasteiger partial charge is 0.243 e. The van der Waals surface area contributed by atoms with E-state index in [0.717, 1.165) is 49.3 Å². The summed E-state index contributed by atoms with van der Waals surface area (Å²) in [5, 5.41) is 4.17. The summed E-state index contributed by atoms with van der Waals surface area (Å²) in [6.45, 7) is 3.26. The zero-order valence-corrected chi connectivity index (χ0v) is 23.3. The van der Waals surface area contributed by atoms with Crippen LogP contribution in [0.3, 0.4) is 0 Å². The third kappa shape index (κ3) is 5.32. The van der Waals surface area contributed by atoms with E-state index in [9.17, 15) is 9.59 Å². The number of aromatic nitrogens is 2. The normalized spacial score (nSPS) is 23.7. The van der Waals surface area contributed by atoms with Crippen LogP contribution >= 0.6 is 23.2 Å². The number of fused-ring (bicyclic) bond motifs is 3. The van der Waals surface area contributed by atoms with Crippen LogP contribution in [0.4, 0.5) is 0 Å². The second-order valence-electron chi connectivity index (χ2n) is 11.1. The van der Waals surface area contributed by atoms with Crippen LogP contribution in [0, 0.1) is 5.92 Å². The van der Waals surface area contributed by atoms with E-state index in [4.69, 9.17) is 23.2 Å². The molecule has 0 radical (unpaired) electrons. The van der Waals surface area contributed by atoms with Crippen LogP contribution in [0.5, 0.6) is 0 Å².